The van der Waals surface area contributed by atoms with E-state index in [9.17, 15) is 9.59 Å². The summed E-state index contributed by atoms with van der Waals surface area (Å²) in [4.78, 5) is 32.4. The second-order valence-corrected chi connectivity index (χ2v) is 6.27. The molecule has 1 aromatic heterocycles. The SMILES string of the molecule is CC(=O)N1CCC[C@@H](C(=O)N2CCC[C@H]2c2ccncc2)C1. The Bertz CT molecular complexity index is 546. The molecule has 2 amide bonds. The van der Waals surface area contributed by atoms with Crippen molar-refractivity contribution < 1.29 is 9.59 Å². The number of carbonyl (C=O) groups excluding carboxylic acids is 2. The van der Waals surface area contributed by atoms with Crippen LogP contribution in [-0.2, 0) is 9.59 Å². The van der Waals surface area contributed by atoms with Gasteiger partial charge in [0.05, 0.1) is 12.0 Å². The van der Waals surface area contributed by atoms with Crippen LogP contribution in [0.2, 0.25) is 0 Å². The first-order valence-corrected chi connectivity index (χ1v) is 8.12. The van der Waals surface area contributed by atoms with Crippen LogP contribution in [0.4, 0.5) is 0 Å². The predicted molar refractivity (Wildman–Crippen MR) is 82.9 cm³/mol. The molecule has 2 atom stereocenters. The van der Waals surface area contributed by atoms with Crippen LogP contribution in [0.3, 0.4) is 0 Å². The van der Waals surface area contributed by atoms with Crippen LogP contribution < -0.4 is 0 Å². The zero-order valence-corrected chi connectivity index (χ0v) is 13.1. The minimum atomic E-state index is -0.0416. The molecule has 5 nitrogen and oxygen atoms in total. The van der Waals surface area contributed by atoms with E-state index in [2.05, 4.69) is 4.98 Å². The molecule has 118 valence electrons. The van der Waals surface area contributed by atoms with E-state index in [-0.39, 0.29) is 23.8 Å². The Morgan fingerprint density at radius 3 is 2.59 bits per heavy atom. The molecule has 0 saturated carbocycles. The monoisotopic (exact) mass is 301 g/mol. The standard InChI is InChI=1S/C17H23N3O2/c1-13(21)19-10-2-4-15(12-19)17(22)20-11-3-5-16(20)14-6-8-18-9-7-14/h6-9,15-16H,2-5,10-12H2,1H3/t15-,16+/m1/s1. The lowest BCUT2D eigenvalue weighted by atomic mass is 9.95. The summed E-state index contributed by atoms with van der Waals surface area (Å²) in [7, 11) is 0. The molecule has 0 spiro atoms. The van der Waals surface area contributed by atoms with Gasteiger partial charge in [-0.05, 0) is 43.4 Å². The van der Waals surface area contributed by atoms with Gasteiger partial charge < -0.3 is 9.80 Å². The first-order chi connectivity index (χ1) is 10.7. The van der Waals surface area contributed by atoms with Crippen molar-refractivity contribution in [2.75, 3.05) is 19.6 Å². The average Bonchev–Trinajstić information content (AvgIpc) is 3.04. The minimum absolute atomic E-state index is 0.0416. The number of hydrogen-bond donors (Lipinski definition) is 0. The van der Waals surface area contributed by atoms with Gasteiger partial charge in [0.1, 0.15) is 0 Å². The van der Waals surface area contributed by atoms with E-state index in [4.69, 9.17) is 0 Å². The fourth-order valence-corrected chi connectivity index (χ4v) is 3.66. The molecule has 5 heteroatoms. The molecule has 3 rings (SSSR count). The largest absolute Gasteiger partial charge is 0.342 e. The molecule has 0 aromatic carbocycles. The maximum absolute atomic E-state index is 12.9. The van der Waals surface area contributed by atoms with Crippen LogP contribution in [0.25, 0.3) is 0 Å². The Morgan fingerprint density at radius 1 is 1.14 bits per heavy atom. The van der Waals surface area contributed by atoms with Gasteiger partial charge in [0.25, 0.3) is 0 Å². The van der Waals surface area contributed by atoms with E-state index in [1.54, 1.807) is 19.3 Å². The van der Waals surface area contributed by atoms with Crippen molar-refractivity contribution in [2.24, 2.45) is 5.92 Å². The molecule has 0 bridgehead atoms. The summed E-state index contributed by atoms with van der Waals surface area (Å²) in [5.74, 6) is 0.245. The summed E-state index contributed by atoms with van der Waals surface area (Å²) in [6, 6.07) is 4.17. The molecule has 3 heterocycles. The van der Waals surface area contributed by atoms with Crippen molar-refractivity contribution in [3.05, 3.63) is 30.1 Å². The van der Waals surface area contributed by atoms with Crippen molar-refractivity contribution in [1.82, 2.24) is 14.8 Å². The molecular weight excluding hydrogens is 278 g/mol. The molecule has 2 fully saturated rings. The van der Waals surface area contributed by atoms with E-state index < -0.39 is 0 Å². The lowest BCUT2D eigenvalue weighted by Gasteiger charge is -2.35. The molecule has 1 aromatic rings. The van der Waals surface area contributed by atoms with E-state index in [0.717, 1.165) is 38.8 Å². The summed E-state index contributed by atoms with van der Waals surface area (Å²) in [5, 5.41) is 0. The number of nitrogens with zero attached hydrogens (tertiary/aromatic N) is 3. The average molecular weight is 301 g/mol. The van der Waals surface area contributed by atoms with Gasteiger partial charge >= 0.3 is 0 Å². The number of likely N-dealkylation sites (tertiary alicyclic amines) is 2. The van der Waals surface area contributed by atoms with E-state index in [1.165, 1.54) is 5.56 Å². The highest BCUT2D eigenvalue weighted by Crippen LogP contribution is 2.34. The normalized spacial score (nSPS) is 25.3. The lowest BCUT2D eigenvalue weighted by Crippen LogP contribution is -2.46. The number of carbonyl (C=O) groups is 2. The molecule has 0 unspecified atom stereocenters. The molecule has 22 heavy (non-hydrogen) atoms. The Hall–Kier alpha value is -1.91. The van der Waals surface area contributed by atoms with Gasteiger partial charge in [-0.15, -0.1) is 0 Å². The van der Waals surface area contributed by atoms with Gasteiger partial charge in [0.15, 0.2) is 0 Å². The highest BCUT2D eigenvalue weighted by molar-refractivity contribution is 5.81. The maximum Gasteiger partial charge on any atom is 0.227 e. The van der Waals surface area contributed by atoms with Crippen molar-refractivity contribution in [2.45, 2.75) is 38.6 Å². The van der Waals surface area contributed by atoms with Gasteiger partial charge in [-0.2, -0.15) is 0 Å². The molecule has 2 aliphatic heterocycles. The second-order valence-electron chi connectivity index (χ2n) is 6.27. The molecule has 2 saturated heterocycles. The van der Waals surface area contributed by atoms with Crippen molar-refractivity contribution in [3.63, 3.8) is 0 Å². The fourth-order valence-electron chi connectivity index (χ4n) is 3.66. The van der Waals surface area contributed by atoms with Crippen LogP contribution in [-0.4, -0.2) is 46.2 Å². The number of pyridine rings is 1. The first kappa shape index (κ1) is 15.0. The summed E-state index contributed by atoms with van der Waals surface area (Å²) in [5.41, 5.74) is 1.17. The quantitative estimate of drug-likeness (QED) is 0.839. The minimum Gasteiger partial charge on any atom is -0.342 e. The topological polar surface area (TPSA) is 53.5 Å². The fraction of sp³-hybridized carbons (Fsp3) is 0.588. The van der Waals surface area contributed by atoms with Crippen molar-refractivity contribution >= 4 is 11.8 Å². The Morgan fingerprint density at radius 2 is 1.86 bits per heavy atom. The van der Waals surface area contributed by atoms with E-state index in [1.807, 2.05) is 21.9 Å². The summed E-state index contributed by atoms with van der Waals surface area (Å²) >= 11 is 0. The number of amides is 2. The van der Waals surface area contributed by atoms with Gasteiger partial charge in [-0.25, -0.2) is 0 Å². The van der Waals surface area contributed by atoms with Crippen LogP contribution in [0.5, 0.6) is 0 Å². The number of piperidine rings is 1. The molecule has 2 aliphatic rings. The number of hydrogen-bond acceptors (Lipinski definition) is 3. The van der Waals surface area contributed by atoms with Gasteiger partial charge in [-0.3, -0.25) is 14.6 Å². The van der Waals surface area contributed by atoms with Crippen LogP contribution in [0, 0.1) is 5.92 Å². The van der Waals surface area contributed by atoms with Gasteiger partial charge in [0.2, 0.25) is 11.8 Å². The number of rotatable bonds is 2. The molecule has 0 aliphatic carbocycles. The Kier molecular flexibility index (Phi) is 4.41. The highest BCUT2D eigenvalue weighted by Gasteiger charge is 2.36. The zero-order chi connectivity index (χ0) is 15.5. The summed E-state index contributed by atoms with van der Waals surface area (Å²) < 4.78 is 0. The summed E-state index contributed by atoms with van der Waals surface area (Å²) in [6.07, 6.45) is 7.44. The van der Waals surface area contributed by atoms with E-state index in [0.29, 0.717) is 6.54 Å². The van der Waals surface area contributed by atoms with Crippen molar-refractivity contribution in [3.8, 4) is 0 Å². The van der Waals surface area contributed by atoms with E-state index >= 15 is 0 Å². The van der Waals surface area contributed by atoms with Crippen LogP contribution in [0.1, 0.15) is 44.2 Å². The summed E-state index contributed by atoms with van der Waals surface area (Å²) in [6.45, 7) is 3.77. The predicted octanol–water partition coefficient (Wildman–Crippen LogP) is 2.00. The second kappa shape index (κ2) is 6.46. The zero-order valence-electron chi connectivity index (χ0n) is 13.1. The maximum atomic E-state index is 12.9. The van der Waals surface area contributed by atoms with Crippen molar-refractivity contribution in [1.29, 1.82) is 0 Å². The molecular formula is C17H23N3O2. The van der Waals surface area contributed by atoms with Crippen LogP contribution in [0.15, 0.2) is 24.5 Å². The lowest BCUT2D eigenvalue weighted by molar-refractivity contribution is -0.140. The third-order valence-corrected chi connectivity index (χ3v) is 4.84. The Balaban J connectivity index is 1.72. The Labute approximate surface area is 131 Å². The molecule has 0 radical (unpaired) electrons. The third kappa shape index (κ3) is 2.98. The van der Waals surface area contributed by atoms with Crippen LogP contribution >= 0.6 is 0 Å². The number of aromatic nitrogens is 1. The van der Waals surface area contributed by atoms with Gasteiger partial charge in [0, 0.05) is 39.0 Å². The van der Waals surface area contributed by atoms with Gasteiger partial charge in [-0.1, -0.05) is 0 Å². The smallest absolute Gasteiger partial charge is 0.227 e. The molecule has 0 N–H and O–H groups in total. The first-order valence-electron chi connectivity index (χ1n) is 8.12. The highest BCUT2D eigenvalue weighted by atomic mass is 16.2. The third-order valence-electron chi connectivity index (χ3n) is 4.84.